The lowest BCUT2D eigenvalue weighted by Crippen LogP contribution is -2.36. The molecular formula is C24H36FN5. The van der Waals surface area contributed by atoms with E-state index in [-0.39, 0.29) is 23.7 Å². The number of nitrogens with one attached hydrogen (secondary N) is 2. The Morgan fingerprint density at radius 3 is 2.70 bits per heavy atom. The van der Waals surface area contributed by atoms with E-state index < -0.39 is 0 Å². The lowest BCUT2D eigenvalue weighted by atomic mass is 9.83. The van der Waals surface area contributed by atoms with Gasteiger partial charge in [-0.1, -0.05) is 39.2 Å². The van der Waals surface area contributed by atoms with Crippen LogP contribution in [0.5, 0.6) is 0 Å². The summed E-state index contributed by atoms with van der Waals surface area (Å²) >= 11 is 0. The fraction of sp³-hybridized carbons (Fsp3) is 0.583. The van der Waals surface area contributed by atoms with Crippen molar-refractivity contribution < 1.29 is 4.39 Å². The van der Waals surface area contributed by atoms with E-state index in [1.165, 1.54) is 11.3 Å². The number of hydrogen-bond acceptors (Lipinski definition) is 5. The molecule has 1 aliphatic rings. The zero-order valence-electron chi connectivity index (χ0n) is 18.8. The van der Waals surface area contributed by atoms with E-state index in [0.29, 0.717) is 12.5 Å². The van der Waals surface area contributed by atoms with Crippen LogP contribution < -0.4 is 16.4 Å². The van der Waals surface area contributed by atoms with Crippen molar-refractivity contribution in [3.63, 3.8) is 0 Å². The van der Waals surface area contributed by atoms with Gasteiger partial charge in [0.2, 0.25) is 0 Å². The predicted octanol–water partition coefficient (Wildman–Crippen LogP) is 4.77. The normalized spacial score (nSPS) is 19.3. The number of halogens is 1. The number of nitrogens with two attached hydrogens (primary N) is 1. The van der Waals surface area contributed by atoms with Gasteiger partial charge >= 0.3 is 0 Å². The van der Waals surface area contributed by atoms with Gasteiger partial charge in [0, 0.05) is 30.0 Å². The summed E-state index contributed by atoms with van der Waals surface area (Å²) in [5.41, 5.74) is 10.3. The van der Waals surface area contributed by atoms with Gasteiger partial charge in [0.05, 0.1) is 0 Å². The second-order valence-electron chi connectivity index (χ2n) is 8.75. The molecule has 0 radical (unpaired) electrons. The van der Waals surface area contributed by atoms with Gasteiger partial charge in [-0.05, 0) is 62.3 Å². The molecule has 2 heterocycles. The molecule has 2 aromatic rings. The SMILES string of the molecule is CCCCCC(CN)Nc1nc(NC2Cc3ccc(C)nc3CC2C)c(C)cc1F. The summed E-state index contributed by atoms with van der Waals surface area (Å²) in [6.07, 6.45) is 6.14. The molecule has 2 aromatic heterocycles. The molecule has 0 saturated carbocycles. The first-order valence-electron chi connectivity index (χ1n) is 11.3. The zero-order chi connectivity index (χ0) is 21.7. The minimum Gasteiger partial charge on any atom is -0.366 e. The summed E-state index contributed by atoms with van der Waals surface area (Å²) in [7, 11) is 0. The molecule has 3 atom stereocenters. The molecule has 0 spiro atoms. The maximum absolute atomic E-state index is 14.6. The summed E-state index contributed by atoms with van der Waals surface area (Å²) < 4.78 is 14.6. The van der Waals surface area contributed by atoms with E-state index in [0.717, 1.165) is 55.6 Å². The minimum absolute atomic E-state index is 0.0314. The highest BCUT2D eigenvalue weighted by Crippen LogP contribution is 2.29. The van der Waals surface area contributed by atoms with Crippen LogP contribution in [0.2, 0.25) is 0 Å². The molecule has 4 N–H and O–H groups in total. The van der Waals surface area contributed by atoms with Gasteiger partial charge in [0.25, 0.3) is 0 Å². The Kier molecular flexibility index (Phi) is 7.64. The fourth-order valence-corrected chi connectivity index (χ4v) is 4.17. The van der Waals surface area contributed by atoms with Crippen molar-refractivity contribution in [1.29, 1.82) is 0 Å². The van der Waals surface area contributed by atoms with Gasteiger partial charge < -0.3 is 16.4 Å². The molecule has 0 saturated heterocycles. The molecule has 0 aliphatic heterocycles. The third kappa shape index (κ3) is 5.48. The van der Waals surface area contributed by atoms with E-state index in [4.69, 9.17) is 10.7 Å². The second kappa shape index (κ2) is 10.2. The standard InChI is InChI=1S/C24H36FN5/c1-5-6-7-8-19(14-26)28-24-20(25)11-16(3)23(30-24)29-21-13-18-10-9-17(4)27-22(18)12-15(21)2/h9-11,15,19,21H,5-8,12-14,26H2,1-4H3,(H2,28,29,30). The average molecular weight is 414 g/mol. The largest absolute Gasteiger partial charge is 0.366 e. The fourth-order valence-electron chi connectivity index (χ4n) is 4.17. The van der Waals surface area contributed by atoms with Crippen LogP contribution in [0.3, 0.4) is 0 Å². The lowest BCUT2D eigenvalue weighted by molar-refractivity contribution is 0.442. The minimum atomic E-state index is -0.325. The molecule has 164 valence electrons. The molecular weight excluding hydrogens is 377 g/mol. The average Bonchev–Trinajstić information content (AvgIpc) is 2.71. The molecule has 3 unspecified atom stereocenters. The Morgan fingerprint density at radius 1 is 1.17 bits per heavy atom. The highest BCUT2D eigenvalue weighted by atomic mass is 19.1. The van der Waals surface area contributed by atoms with Gasteiger partial charge in [0.15, 0.2) is 11.6 Å². The van der Waals surface area contributed by atoms with E-state index in [2.05, 4.69) is 41.6 Å². The maximum atomic E-state index is 14.6. The smallest absolute Gasteiger partial charge is 0.165 e. The Morgan fingerprint density at radius 2 is 1.97 bits per heavy atom. The van der Waals surface area contributed by atoms with Crippen molar-refractivity contribution in [2.75, 3.05) is 17.2 Å². The third-order valence-electron chi connectivity index (χ3n) is 6.12. The van der Waals surface area contributed by atoms with Crippen LogP contribution in [-0.2, 0) is 12.8 Å². The monoisotopic (exact) mass is 413 g/mol. The highest BCUT2D eigenvalue weighted by Gasteiger charge is 2.27. The molecule has 5 nitrogen and oxygen atoms in total. The lowest BCUT2D eigenvalue weighted by Gasteiger charge is -2.32. The van der Waals surface area contributed by atoms with Crippen molar-refractivity contribution in [1.82, 2.24) is 9.97 Å². The molecule has 3 rings (SSSR count). The first kappa shape index (κ1) is 22.5. The van der Waals surface area contributed by atoms with Crippen molar-refractivity contribution in [2.24, 2.45) is 11.7 Å². The molecule has 0 aromatic carbocycles. The summed E-state index contributed by atoms with van der Waals surface area (Å²) in [5, 5.41) is 6.82. The summed E-state index contributed by atoms with van der Waals surface area (Å²) in [5.74, 6) is 1.12. The van der Waals surface area contributed by atoms with Gasteiger partial charge in [-0.25, -0.2) is 9.37 Å². The molecule has 0 amide bonds. The quantitative estimate of drug-likeness (QED) is 0.517. The molecule has 0 bridgehead atoms. The Balaban J connectivity index is 1.74. The Hall–Kier alpha value is -2.21. The molecule has 6 heteroatoms. The Labute approximate surface area is 180 Å². The number of nitrogens with zero attached hydrogens (tertiary/aromatic N) is 2. The maximum Gasteiger partial charge on any atom is 0.165 e. The third-order valence-corrected chi connectivity index (χ3v) is 6.12. The highest BCUT2D eigenvalue weighted by molar-refractivity contribution is 5.53. The van der Waals surface area contributed by atoms with E-state index in [1.807, 2.05) is 13.8 Å². The Bertz CT molecular complexity index is 854. The first-order chi connectivity index (χ1) is 14.4. The first-order valence-corrected chi connectivity index (χ1v) is 11.3. The number of fused-ring (bicyclic) bond motifs is 1. The number of aryl methyl sites for hydroxylation is 2. The van der Waals surface area contributed by atoms with E-state index in [1.54, 1.807) is 6.07 Å². The molecule has 30 heavy (non-hydrogen) atoms. The van der Waals surface area contributed by atoms with Gasteiger partial charge in [-0.15, -0.1) is 0 Å². The number of pyridine rings is 2. The number of unbranched alkanes of at least 4 members (excludes halogenated alkanes) is 2. The number of rotatable bonds is 9. The van der Waals surface area contributed by atoms with Crippen LogP contribution in [0.1, 0.15) is 62.0 Å². The predicted molar refractivity (Wildman–Crippen MR) is 122 cm³/mol. The topological polar surface area (TPSA) is 75.9 Å². The van der Waals surface area contributed by atoms with Crippen molar-refractivity contribution in [2.45, 2.75) is 78.3 Å². The zero-order valence-corrected chi connectivity index (χ0v) is 18.8. The number of hydrogen-bond donors (Lipinski definition) is 3. The van der Waals surface area contributed by atoms with Crippen molar-refractivity contribution in [3.05, 3.63) is 46.5 Å². The van der Waals surface area contributed by atoms with Crippen LogP contribution in [0.15, 0.2) is 18.2 Å². The van der Waals surface area contributed by atoms with Crippen LogP contribution in [0.4, 0.5) is 16.0 Å². The van der Waals surface area contributed by atoms with Crippen LogP contribution in [-0.4, -0.2) is 28.6 Å². The van der Waals surface area contributed by atoms with E-state index in [9.17, 15) is 4.39 Å². The van der Waals surface area contributed by atoms with Gasteiger partial charge in [0.1, 0.15) is 5.82 Å². The van der Waals surface area contributed by atoms with Crippen LogP contribution >= 0.6 is 0 Å². The number of anilines is 2. The van der Waals surface area contributed by atoms with Crippen LogP contribution in [0.25, 0.3) is 0 Å². The van der Waals surface area contributed by atoms with Gasteiger partial charge in [-0.2, -0.15) is 0 Å². The summed E-state index contributed by atoms with van der Waals surface area (Å²) in [4.78, 5) is 9.32. The number of aromatic nitrogens is 2. The molecule has 1 aliphatic carbocycles. The summed E-state index contributed by atoms with van der Waals surface area (Å²) in [6.45, 7) is 8.81. The van der Waals surface area contributed by atoms with Crippen molar-refractivity contribution >= 4 is 11.6 Å². The van der Waals surface area contributed by atoms with Gasteiger partial charge in [-0.3, -0.25) is 4.98 Å². The summed E-state index contributed by atoms with van der Waals surface area (Å²) in [6, 6.07) is 6.08. The second-order valence-corrected chi connectivity index (χ2v) is 8.75. The molecule has 0 fully saturated rings. The van der Waals surface area contributed by atoms with Crippen LogP contribution in [0, 0.1) is 25.6 Å². The van der Waals surface area contributed by atoms with Crippen molar-refractivity contribution in [3.8, 4) is 0 Å². The van der Waals surface area contributed by atoms with E-state index >= 15 is 0 Å².